The molecule has 1 saturated heterocycles. The van der Waals surface area contributed by atoms with Gasteiger partial charge in [-0.2, -0.15) is 0 Å². The summed E-state index contributed by atoms with van der Waals surface area (Å²) in [5, 5.41) is 17.9. The third kappa shape index (κ3) is 4.64. The highest BCUT2D eigenvalue weighted by Crippen LogP contribution is 2.46. The van der Waals surface area contributed by atoms with Gasteiger partial charge in [-0.25, -0.2) is 9.59 Å². The lowest BCUT2D eigenvalue weighted by Crippen LogP contribution is -2.81. The number of nitrogens with one attached hydrogen (secondary N) is 3. The van der Waals surface area contributed by atoms with Crippen molar-refractivity contribution in [2.24, 2.45) is 0 Å². The number of thioether (sulfide) groups is 1. The van der Waals surface area contributed by atoms with Crippen LogP contribution in [-0.2, 0) is 28.7 Å². The number of carboxylic acids is 1. The molecule has 0 saturated carbocycles. The zero-order valence-corrected chi connectivity index (χ0v) is 19.8. The number of carboxylic acid groups (broad SMARTS) is 1. The lowest BCUT2D eigenvalue weighted by atomic mass is 9.97. The van der Waals surface area contributed by atoms with Crippen LogP contribution in [0.25, 0.3) is 0 Å². The monoisotopic (exact) mass is 510 g/mol. The third-order valence-corrected chi connectivity index (χ3v) is 7.30. The summed E-state index contributed by atoms with van der Waals surface area (Å²) in [5.41, 5.74) is -1.94. The van der Waals surface area contributed by atoms with Gasteiger partial charge in [-0.1, -0.05) is 12.6 Å². The number of ether oxygens (including phenoxy) is 2. The predicted octanol–water partition coefficient (Wildman–Crippen LogP) is 0.508. The first-order valence-corrected chi connectivity index (χ1v) is 11.7. The van der Waals surface area contributed by atoms with E-state index in [2.05, 4.69) is 22.5 Å². The van der Waals surface area contributed by atoms with Crippen LogP contribution in [0.15, 0.2) is 41.6 Å². The van der Waals surface area contributed by atoms with Crippen molar-refractivity contribution in [1.29, 1.82) is 0 Å². The standard InChI is InChI=1S/C20H22N4O8S2/c1-4-21-19(30)22-13(12-6-5-7-33-12)15(26)23-20(31-3)17(29)24-14(16(27)28)11(8-32-10(2)25)9-34-18(20)24/h4-7,13,18H,1,8-9H2,2-3H3,(H,23,26)(H,27,28)(H2,21,22,30)/t13?,18?,20-/m0/s1. The molecular formula is C20H22N4O8S2. The highest BCUT2D eigenvalue weighted by molar-refractivity contribution is 8.00. The van der Waals surface area contributed by atoms with E-state index in [0.29, 0.717) is 4.88 Å². The molecule has 3 rings (SSSR count). The Balaban J connectivity index is 1.86. The number of hydrogen-bond acceptors (Lipinski definition) is 9. The maximum Gasteiger partial charge on any atom is 0.352 e. The minimum Gasteiger partial charge on any atom is -0.477 e. The molecule has 0 aliphatic carbocycles. The summed E-state index contributed by atoms with van der Waals surface area (Å²) < 4.78 is 10.3. The molecular weight excluding hydrogens is 488 g/mol. The number of nitrogens with zero attached hydrogens (tertiary/aromatic N) is 1. The fourth-order valence-corrected chi connectivity index (χ4v) is 5.68. The van der Waals surface area contributed by atoms with Crippen LogP contribution in [0.3, 0.4) is 0 Å². The fraction of sp³-hybridized carbons (Fsp3) is 0.350. The van der Waals surface area contributed by atoms with E-state index in [4.69, 9.17) is 9.47 Å². The van der Waals surface area contributed by atoms with Gasteiger partial charge in [0.15, 0.2) is 0 Å². The van der Waals surface area contributed by atoms with Crippen molar-refractivity contribution in [3.63, 3.8) is 0 Å². The Morgan fingerprint density at radius 2 is 2.15 bits per heavy atom. The summed E-state index contributed by atoms with van der Waals surface area (Å²) in [4.78, 5) is 63.0. The maximum absolute atomic E-state index is 13.2. The zero-order chi connectivity index (χ0) is 25.0. The number of carbonyl (C=O) groups excluding carboxylic acids is 4. The van der Waals surface area contributed by atoms with Gasteiger partial charge < -0.3 is 30.5 Å². The highest BCUT2D eigenvalue weighted by atomic mass is 32.2. The lowest BCUT2D eigenvalue weighted by molar-refractivity contribution is -0.193. The summed E-state index contributed by atoms with van der Waals surface area (Å²) in [5.74, 6) is -3.39. The van der Waals surface area contributed by atoms with E-state index in [0.717, 1.165) is 22.9 Å². The Kier molecular flexibility index (Phi) is 7.64. The number of methoxy groups -OCH3 is 1. The summed E-state index contributed by atoms with van der Waals surface area (Å²) in [6.45, 7) is 4.30. The lowest BCUT2D eigenvalue weighted by Gasteiger charge is -2.55. The quantitative estimate of drug-likeness (QED) is 0.210. The second kappa shape index (κ2) is 10.3. The van der Waals surface area contributed by atoms with Crippen LogP contribution in [0.5, 0.6) is 0 Å². The van der Waals surface area contributed by atoms with Gasteiger partial charge in [-0.05, 0) is 17.6 Å². The van der Waals surface area contributed by atoms with Gasteiger partial charge in [0, 0.05) is 30.2 Å². The first-order valence-electron chi connectivity index (χ1n) is 9.78. The van der Waals surface area contributed by atoms with Crippen LogP contribution >= 0.6 is 23.1 Å². The van der Waals surface area contributed by atoms with E-state index in [1.807, 2.05) is 0 Å². The van der Waals surface area contributed by atoms with Crippen molar-refractivity contribution in [3.05, 3.63) is 46.4 Å². The van der Waals surface area contributed by atoms with E-state index in [-0.39, 0.29) is 23.6 Å². The molecule has 2 aliphatic rings. The predicted molar refractivity (Wildman–Crippen MR) is 121 cm³/mol. The van der Waals surface area contributed by atoms with Crippen LogP contribution in [0.4, 0.5) is 4.79 Å². The van der Waals surface area contributed by atoms with Crippen molar-refractivity contribution < 1.29 is 38.6 Å². The van der Waals surface area contributed by atoms with Gasteiger partial charge >= 0.3 is 18.0 Å². The topological polar surface area (TPSA) is 163 Å². The zero-order valence-electron chi connectivity index (χ0n) is 18.2. The number of urea groups is 1. The molecule has 34 heavy (non-hydrogen) atoms. The smallest absolute Gasteiger partial charge is 0.352 e. The Bertz CT molecular complexity index is 1060. The average molecular weight is 511 g/mol. The third-order valence-electron chi connectivity index (χ3n) is 4.99. The first-order chi connectivity index (χ1) is 16.2. The summed E-state index contributed by atoms with van der Waals surface area (Å²) in [6.07, 6.45) is 1.15. The second-order valence-electron chi connectivity index (χ2n) is 7.08. The number of rotatable bonds is 9. The molecule has 0 radical (unpaired) electrons. The number of carbonyl (C=O) groups is 5. The molecule has 0 aromatic carbocycles. The molecule has 12 nitrogen and oxygen atoms in total. The van der Waals surface area contributed by atoms with Crippen molar-refractivity contribution in [3.8, 4) is 0 Å². The largest absolute Gasteiger partial charge is 0.477 e. The van der Waals surface area contributed by atoms with Gasteiger partial charge in [-0.15, -0.1) is 23.1 Å². The van der Waals surface area contributed by atoms with Crippen molar-refractivity contribution in [2.75, 3.05) is 19.5 Å². The van der Waals surface area contributed by atoms with E-state index in [1.54, 1.807) is 17.5 Å². The van der Waals surface area contributed by atoms with Gasteiger partial charge in [0.05, 0.1) is 0 Å². The molecule has 1 fully saturated rings. The van der Waals surface area contributed by atoms with Gasteiger partial charge in [0.2, 0.25) is 0 Å². The molecule has 3 atom stereocenters. The summed E-state index contributed by atoms with van der Waals surface area (Å²) >= 11 is 2.36. The number of esters is 1. The second-order valence-corrected chi connectivity index (χ2v) is 9.12. The number of aliphatic carboxylic acids is 1. The number of thiophene rings is 1. The minimum atomic E-state index is -1.86. The molecule has 182 valence electrons. The molecule has 0 bridgehead atoms. The molecule has 14 heteroatoms. The molecule has 4 N–H and O–H groups in total. The Morgan fingerprint density at radius 1 is 1.41 bits per heavy atom. The molecule has 1 aromatic heterocycles. The van der Waals surface area contributed by atoms with Gasteiger partial charge in [0.25, 0.3) is 17.5 Å². The van der Waals surface area contributed by atoms with Gasteiger partial charge in [-0.3, -0.25) is 19.3 Å². The van der Waals surface area contributed by atoms with Crippen molar-refractivity contribution >= 4 is 52.9 Å². The molecule has 1 aromatic rings. The molecule has 3 heterocycles. The minimum absolute atomic E-state index is 0.124. The highest BCUT2D eigenvalue weighted by Gasteiger charge is 2.67. The molecule has 0 spiro atoms. The number of fused-ring (bicyclic) bond motifs is 1. The van der Waals surface area contributed by atoms with Crippen LogP contribution in [0.2, 0.25) is 0 Å². The molecule has 2 unspecified atom stereocenters. The molecule has 4 amide bonds. The number of hydrogen-bond donors (Lipinski definition) is 4. The van der Waals surface area contributed by atoms with E-state index in [1.165, 1.54) is 25.4 Å². The van der Waals surface area contributed by atoms with E-state index < -0.39 is 46.9 Å². The SMILES string of the molecule is C=CNC(=O)NC(C(=O)N[C@]1(OC)C(=O)N2C(C(=O)O)=C(COC(C)=O)CSC21)c1cccs1. The summed E-state index contributed by atoms with van der Waals surface area (Å²) in [7, 11) is 1.21. The van der Waals surface area contributed by atoms with E-state index in [9.17, 15) is 29.1 Å². The number of β-lactam (4-membered cyclic amide) rings is 1. The van der Waals surface area contributed by atoms with Crippen molar-refractivity contribution in [2.45, 2.75) is 24.1 Å². The Morgan fingerprint density at radius 3 is 2.71 bits per heavy atom. The van der Waals surface area contributed by atoms with Crippen molar-refractivity contribution in [1.82, 2.24) is 20.9 Å². The number of amides is 4. The van der Waals surface area contributed by atoms with Crippen LogP contribution in [-0.4, -0.2) is 70.4 Å². The summed E-state index contributed by atoms with van der Waals surface area (Å²) in [6, 6.07) is 1.49. The Labute approximate surface area is 202 Å². The molecule has 2 aliphatic heterocycles. The fourth-order valence-electron chi connectivity index (χ4n) is 3.49. The van der Waals surface area contributed by atoms with E-state index >= 15 is 0 Å². The Hall–Kier alpha value is -3.36. The average Bonchev–Trinajstić information content (AvgIpc) is 3.33. The van der Waals surface area contributed by atoms with Gasteiger partial charge in [0.1, 0.15) is 23.7 Å². The maximum atomic E-state index is 13.2. The first kappa shape index (κ1) is 25.3. The normalized spacial score (nSPS) is 22.1. The van der Waals surface area contributed by atoms with Crippen LogP contribution in [0, 0.1) is 0 Å². The van der Waals surface area contributed by atoms with Crippen LogP contribution < -0.4 is 16.0 Å². The van der Waals surface area contributed by atoms with Crippen LogP contribution in [0.1, 0.15) is 17.8 Å².